The lowest BCUT2D eigenvalue weighted by atomic mass is 10.0. The summed E-state index contributed by atoms with van der Waals surface area (Å²) in [7, 11) is -1.26. The molecule has 0 saturated carbocycles. The predicted octanol–water partition coefficient (Wildman–Crippen LogP) is 1.29. The summed E-state index contributed by atoms with van der Waals surface area (Å²) in [5, 5.41) is 10.6. The lowest BCUT2D eigenvalue weighted by molar-refractivity contribution is -0.384. The summed E-state index contributed by atoms with van der Waals surface area (Å²) in [6, 6.07) is 5.88. The van der Waals surface area contributed by atoms with Crippen molar-refractivity contribution in [1.29, 1.82) is 0 Å². The minimum Gasteiger partial charge on any atom is -0.330 e. The van der Waals surface area contributed by atoms with E-state index in [9.17, 15) is 14.3 Å². The van der Waals surface area contributed by atoms with Crippen molar-refractivity contribution in [2.24, 2.45) is 11.7 Å². The molecule has 1 aliphatic heterocycles. The smallest absolute Gasteiger partial charge is 0.269 e. The van der Waals surface area contributed by atoms with Crippen LogP contribution in [0.25, 0.3) is 0 Å². The lowest BCUT2D eigenvalue weighted by Gasteiger charge is -2.30. The fourth-order valence-corrected chi connectivity index (χ4v) is 3.51. The van der Waals surface area contributed by atoms with E-state index in [2.05, 4.69) is 0 Å². The van der Waals surface area contributed by atoms with Gasteiger partial charge in [0.1, 0.15) is 11.0 Å². The highest BCUT2D eigenvalue weighted by atomic mass is 32.2. The van der Waals surface area contributed by atoms with E-state index in [4.69, 9.17) is 5.73 Å². The average Bonchev–Trinajstić information content (AvgIpc) is 2.46. The van der Waals surface area contributed by atoms with Crippen molar-refractivity contribution in [3.8, 4) is 0 Å². The molecular weight excluding hydrogens is 266 g/mol. The SMILES string of the molecule is NCC1CCCN(S(=O)c2ccc([N+](=O)[O-])cc2)C1. The fraction of sp³-hybridized carbons (Fsp3) is 0.500. The van der Waals surface area contributed by atoms with Crippen molar-refractivity contribution >= 4 is 16.7 Å². The van der Waals surface area contributed by atoms with Gasteiger partial charge in [0.2, 0.25) is 0 Å². The van der Waals surface area contributed by atoms with Crippen molar-refractivity contribution in [2.45, 2.75) is 17.7 Å². The van der Waals surface area contributed by atoms with E-state index in [0.29, 0.717) is 17.4 Å². The van der Waals surface area contributed by atoms with Gasteiger partial charge in [-0.25, -0.2) is 8.51 Å². The number of rotatable bonds is 4. The van der Waals surface area contributed by atoms with Crippen molar-refractivity contribution in [2.75, 3.05) is 19.6 Å². The Morgan fingerprint density at radius 1 is 1.42 bits per heavy atom. The van der Waals surface area contributed by atoms with Crippen LogP contribution in [-0.2, 0) is 11.0 Å². The van der Waals surface area contributed by atoms with Crippen molar-refractivity contribution in [3.63, 3.8) is 0 Å². The second kappa shape index (κ2) is 6.23. The van der Waals surface area contributed by atoms with Crippen LogP contribution >= 0.6 is 0 Å². The summed E-state index contributed by atoms with van der Waals surface area (Å²) in [6.07, 6.45) is 2.06. The number of benzene rings is 1. The van der Waals surface area contributed by atoms with E-state index in [1.54, 1.807) is 12.1 Å². The molecule has 1 aromatic rings. The molecule has 6 nitrogen and oxygen atoms in total. The molecule has 0 amide bonds. The summed E-state index contributed by atoms with van der Waals surface area (Å²) in [6.45, 7) is 2.11. The molecular formula is C12H17N3O3S. The molecule has 0 radical (unpaired) electrons. The Morgan fingerprint density at radius 3 is 2.68 bits per heavy atom. The van der Waals surface area contributed by atoms with Crippen LogP contribution in [0.15, 0.2) is 29.2 Å². The molecule has 2 N–H and O–H groups in total. The zero-order valence-electron chi connectivity index (χ0n) is 10.5. The van der Waals surface area contributed by atoms with Crippen LogP contribution in [0.1, 0.15) is 12.8 Å². The second-order valence-electron chi connectivity index (χ2n) is 4.63. The van der Waals surface area contributed by atoms with Crippen LogP contribution in [0.3, 0.4) is 0 Å². The van der Waals surface area contributed by atoms with Crippen molar-refractivity contribution < 1.29 is 9.13 Å². The number of nitrogens with zero attached hydrogens (tertiary/aromatic N) is 2. The topological polar surface area (TPSA) is 89.5 Å². The first kappa shape index (κ1) is 14.1. The summed E-state index contributed by atoms with van der Waals surface area (Å²) < 4.78 is 14.3. The quantitative estimate of drug-likeness (QED) is 0.666. The minimum atomic E-state index is -1.26. The Bertz CT molecular complexity index is 478. The normalized spacial score (nSPS) is 22.1. The molecule has 1 heterocycles. The van der Waals surface area contributed by atoms with Crippen molar-refractivity contribution in [1.82, 2.24) is 4.31 Å². The van der Waals surface area contributed by atoms with Gasteiger partial charge >= 0.3 is 0 Å². The molecule has 104 valence electrons. The molecule has 0 aromatic heterocycles. The predicted molar refractivity (Wildman–Crippen MR) is 72.9 cm³/mol. The summed E-state index contributed by atoms with van der Waals surface area (Å²) >= 11 is 0. The summed E-state index contributed by atoms with van der Waals surface area (Å²) in [5.74, 6) is 0.385. The Morgan fingerprint density at radius 2 is 2.11 bits per heavy atom. The van der Waals surface area contributed by atoms with Crippen molar-refractivity contribution in [3.05, 3.63) is 34.4 Å². The van der Waals surface area contributed by atoms with Gasteiger partial charge in [0.05, 0.1) is 9.82 Å². The van der Waals surface area contributed by atoms with Gasteiger partial charge in [-0.2, -0.15) is 0 Å². The molecule has 2 rings (SSSR count). The first-order valence-corrected chi connectivity index (χ1v) is 7.34. The van der Waals surface area contributed by atoms with Gasteiger partial charge in [-0.1, -0.05) is 0 Å². The highest BCUT2D eigenvalue weighted by molar-refractivity contribution is 7.82. The average molecular weight is 283 g/mol. The summed E-state index contributed by atoms with van der Waals surface area (Å²) in [4.78, 5) is 10.7. The Labute approximate surface area is 114 Å². The van der Waals surface area contributed by atoms with E-state index >= 15 is 0 Å². The maximum absolute atomic E-state index is 12.4. The van der Waals surface area contributed by atoms with Crippen LogP contribution in [0.4, 0.5) is 5.69 Å². The Hall–Kier alpha value is -1.31. The second-order valence-corrected chi connectivity index (χ2v) is 6.12. The Kier molecular flexibility index (Phi) is 4.62. The van der Waals surface area contributed by atoms with Crippen LogP contribution < -0.4 is 5.73 Å². The standard InChI is InChI=1S/C12H17N3O3S/c13-8-10-2-1-7-14(9-10)19(18)12-5-3-11(4-6-12)15(16)17/h3-6,10H,1-2,7-9,13H2. The molecule has 7 heteroatoms. The lowest BCUT2D eigenvalue weighted by Crippen LogP contribution is -2.39. The number of non-ortho nitro benzene ring substituents is 1. The zero-order valence-corrected chi connectivity index (χ0v) is 11.3. The van der Waals surface area contributed by atoms with Gasteiger partial charge in [-0.15, -0.1) is 0 Å². The molecule has 2 unspecified atom stereocenters. The third-order valence-electron chi connectivity index (χ3n) is 3.30. The largest absolute Gasteiger partial charge is 0.330 e. The molecule has 1 fully saturated rings. The van der Waals surface area contributed by atoms with Crippen LogP contribution in [0.2, 0.25) is 0 Å². The van der Waals surface area contributed by atoms with Gasteiger partial charge in [-0.3, -0.25) is 10.1 Å². The zero-order chi connectivity index (χ0) is 13.8. The molecule has 1 saturated heterocycles. The molecule has 0 spiro atoms. The van der Waals surface area contributed by atoms with Gasteiger partial charge < -0.3 is 5.73 Å². The molecule has 0 aliphatic carbocycles. The fourth-order valence-electron chi connectivity index (χ4n) is 2.20. The van der Waals surface area contributed by atoms with E-state index in [1.807, 2.05) is 4.31 Å². The number of hydrogen-bond acceptors (Lipinski definition) is 4. The Balaban J connectivity index is 2.08. The number of hydrogen-bond donors (Lipinski definition) is 1. The number of nitro groups is 1. The maximum atomic E-state index is 12.4. The minimum absolute atomic E-state index is 0.0132. The third kappa shape index (κ3) is 3.37. The van der Waals surface area contributed by atoms with Gasteiger partial charge in [-0.05, 0) is 37.4 Å². The monoisotopic (exact) mass is 283 g/mol. The highest BCUT2D eigenvalue weighted by Gasteiger charge is 2.23. The molecule has 1 aliphatic rings. The maximum Gasteiger partial charge on any atom is 0.269 e. The van der Waals surface area contributed by atoms with E-state index in [0.717, 1.165) is 25.9 Å². The van der Waals surface area contributed by atoms with Gasteiger partial charge in [0, 0.05) is 25.2 Å². The number of nitro benzene ring substituents is 1. The van der Waals surface area contributed by atoms with Crippen LogP contribution in [-0.4, -0.2) is 33.1 Å². The van der Waals surface area contributed by atoms with Gasteiger partial charge in [0.25, 0.3) is 5.69 Å². The molecule has 0 bridgehead atoms. The first-order chi connectivity index (χ1) is 9.11. The van der Waals surface area contributed by atoms with E-state index in [-0.39, 0.29) is 5.69 Å². The number of piperidine rings is 1. The van der Waals surface area contributed by atoms with Crippen LogP contribution in [0.5, 0.6) is 0 Å². The molecule has 1 aromatic carbocycles. The first-order valence-electron chi connectivity index (χ1n) is 6.23. The number of nitrogens with two attached hydrogens (primary N) is 1. The highest BCUT2D eigenvalue weighted by Crippen LogP contribution is 2.22. The third-order valence-corrected chi connectivity index (χ3v) is 4.77. The summed E-state index contributed by atoms with van der Waals surface area (Å²) in [5.41, 5.74) is 5.67. The van der Waals surface area contributed by atoms with E-state index in [1.165, 1.54) is 12.1 Å². The van der Waals surface area contributed by atoms with Crippen LogP contribution in [0, 0.1) is 16.0 Å². The molecule has 19 heavy (non-hydrogen) atoms. The molecule has 2 atom stereocenters. The van der Waals surface area contributed by atoms with Gasteiger partial charge in [0.15, 0.2) is 0 Å². The van der Waals surface area contributed by atoms with E-state index < -0.39 is 15.9 Å².